The van der Waals surface area contributed by atoms with Crippen LogP contribution in [-0.4, -0.2) is 13.1 Å². The summed E-state index contributed by atoms with van der Waals surface area (Å²) < 4.78 is 4.54. The zero-order valence-electron chi connectivity index (χ0n) is 7.20. The van der Waals surface area contributed by atoms with Crippen molar-refractivity contribution in [2.75, 3.05) is 18.3 Å². The molecule has 0 aliphatic carbocycles. The number of nitrogens with two attached hydrogens (primary N) is 2. The lowest BCUT2D eigenvalue weighted by atomic mass is 10.1. The summed E-state index contributed by atoms with van der Waals surface area (Å²) in [6.45, 7) is 0. The molecule has 1 aromatic carbocycles. The molecule has 13 heavy (non-hydrogen) atoms. The third-order valence-corrected chi connectivity index (χ3v) is 1.60. The highest BCUT2D eigenvalue weighted by atomic mass is 16.5. The summed E-state index contributed by atoms with van der Waals surface area (Å²) in [7, 11) is 1.30. The topological polar surface area (TPSA) is 90.4 Å². The molecule has 0 aliphatic heterocycles. The standard InChI is InChI=1S/C8H11N3O2/c1-13-8(12)6-3-2-5(9)4-7(6)11-10/h2-4,11H,9-10H2,1H3. The molecular formula is C8H11N3O2. The van der Waals surface area contributed by atoms with Gasteiger partial charge >= 0.3 is 5.97 Å². The van der Waals surface area contributed by atoms with Crippen molar-refractivity contribution >= 4 is 17.3 Å². The van der Waals surface area contributed by atoms with Gasteiger partial charge in [-0.3, -0.25) is 5.84 Å². The number of esters is 1. The van der Waals surface area contributed by atoms with Gasteiger partial charge in [-0.15, -0.1) is 0 Å². The van der Waals surface area contributed by atoms with E-state index in [1.165, 1.54) is 7.11 Å². The Kier molecular flexibility index (Phi) is 2.71. The van der Waals surface area contributed by atoms with Gasteiger partial charge in [0.2, 0.25) is 0 Å². The van der Waals surface area contributed by atoms with Gasteiger partial charge < -0.3 is 15.9 Å². The van der Waals surface area contributed by atoms with E-state index in [0.29, 0.717) is 16.9 Å². The molecule has 0 amide bonds. The highest BCUT2D eigenvalue weighted by molar-refractivity contribution is 5.96. The van der Waals surface area contributed by atoms with E-state index in [1.54, 1.807) is 18.2 Å². The Morgan fingerprint density at radius 2 is 2.23 bits per heavy atom. The fourth-order valence-corrected chi connectivity index (χ4v) is 0.969. The molecule has 0 bridgehead atoms. The quantitative estimate of drug-likeness (QED) is 0.265. The number of carbonyl (C=O) groups is 1. The van der Waals surface area contributed by atoms with Crippen molar-refractivity contribution in [1.29, 1.82) is 0 Å². The van der Waals surface area contributed by atoms with Gasteiger partial charge in [-0.2, -0.15) is 0 Å². The van der Waals surface area contributed by atoms with E-state index in [0.717, 1.165) is 0 Å². The minimum Gasteiger partial charge on any atom is -0.465 e. The summed E-state index contributed by atoms with van der Waals surface area (Å²) in [5, 5.41) is 0. The maximum absolute atomic E-state index is 11.1. The van der Waals surface area contributed by atoms with Crippen LogP contribution in [0.3, 0.4) is 0 Å². The van der Waals surface area contributed by atoms with Crippen molar-refractivity contribution < 1.29 is 9.53 Å². The van der Waals surface area contributed by atoms with Crippen LogP contribution in [0.5, 0.6) is 0 Å². The van der Waals surface area contributed by atoms with Gasteiger partial charge in [0.05, 0.1) is 18.4 Å². The average Bonchev–Trinajstić information content (AvgIpc) is 2.16. The molecule has 0 heterocycles. The first kappa shape index (κ1) is 9.34. The minimum absolute atomic E-state index is 0.360. The highest BCUT2D eigenvalue weighted by Crippen LogP contribution is 2.18. The molecule has 0 atom stereocenters. The van der Waals surface area contributed by atoms with Crippen LogP contribution in [0.25, 0.3) is 0 Å². The highest BCUT2D eigenvalue weighted by Gasteiger charge is 2.10. The van der Waals surface area contributed by atoms with Crippen molar-refractivity contribution in [2.45, 2.75) is 0 Å². The summed E-state index contributed by atoms with van der Waals surface area (Å²) in [5.74, 6) is 4.75. The zero-order chi connectivity index (χ0) is 9.84. The monoisotopic (exact) mass is 181 g/mol. The summed E-state index contributed by atoms with van der Waals surface area (Å²) in [4.78, 5) is 11.1. The third-order valence-electron chi connectivity index (χ3n) is 1.60. The number of ether oxygens (including phenoxy) is 1. The average molecular weight is 181 g/mol. The number of nitrogens with one attached hydrogen (secondary N) is 1. The largest absolute Gasteiger partial charge is 0.465 e. The van der Waals surface area contributed by atoms with Gasteiger partial charge in [-0.25, -0.2) is 4.79 Å². The van der Waals surface area contributed by atoms with Crippen molar-refractivity contribution in [3.63, 3.8) is 0 Å². The van der Waals surface area contributed by atoms with E-state index in [-0.39, 0.29) is 0 Å². The number of methoxy groups -OCH3 is 1. The molecule has 1 rings (SSSR count). The number of nitrogen functional groups attached to an aromatic ring is 2. The summed E-state index contributed by atoms with van der Waals surface area (Å²) in [6.07, 6.45) is 0. The number of anilines is 2. The van der Waals surface area contributed by atoms with Crippen LogP contribution in [-0.2, 0) is 4.74 Å². The fraction of sp³-hybridized carbons (Fsp3) is 0.125. The number of hydrogen-bond donors (Lipinski definition) is 3. The van der Waals surface area contributed by atoms with Crippen LogP contribution in [0, 0.1) is 0 Å². The molecule has 5 nitrogen and oxygen atoms in total. The second-order valence-corrected chi connectivity index (χ2v) is 2.44. The molecule has 0 fully saturated rings. The van der Waals surface area contributed by atoms with Crippen molar-refractivity contribution in [3.05, 3.63) is 23.8 Å². The molecule has 0 aliphatic rings. The predicted octanol–water partition coefficient (Wildman–Crippen LogP) is 0.341. The minimum atomic E-state index is -0.451. The first-order valence-corrected chi connectivity index (χ1v) is 3.63. The lowest BCUT2D eigenvalue weighted by Crippen LogP contribution is -2.13. The van der Waals surface area contributed by atoms with E-state index in [1.807, 2.05) is 0 Å². The molecule has 0 radical (unpaired) electrons. The molecule has 5 heteroatoms. The van der Waals surface area contributed by atoms with Crippen molar-refractivity contribution in [2.24, 2.45) is 5.84 Å². The van der Waals surface area contributed by atoms with Crippen LogP contribution in [0.15, 0.2) is 18.2 Å². The van der Waals surface area contributed by atoms with Gasteiger partial charge in [-0.1, -0.05) is 0 Å². The fourth-order valence-electron chi connectivity index (χ4n) is 0.969. The summed E-state index contributed by atoms with van der Waals surface area (Å²) in [5.41, 5.74) is 9.21. The lowest BCUT2D eigenvalue weighted by Gasteiger charge is -2.07. The maximum atomic E-state index is 11.1. The van der Waals surface area contributed by atoms with Gasteiger partial charge in [0.1, 0.15) is 0 Å². The van der Waals surface area contributed by atoms with E-state index in [9.17, 15) is 4.79 Å². The Balaban J connectivity index is 3.13. The second-order valence-electron chi connectivity index (χ2n) is 2.44. The van der Waals surface area contributed by atoms with Crippen LogP contribution in [0.4, 0.5) is 11.4 Å². The SMILES string of the molecule is COC(=O)c1ccc(N)cc1NN. The van der Waals surface area contributed by atoms with Gasteiger partial charge in [0.15, 0.2) is 0 Å². The lowest BCUT2D eigenvalue weighted by molar-refractivity contribution is 0.0602. The van der Waals surface area contributed by atoms with Crippen molar-refractivity contribution in [3.8, 4) is 0 Å². The van der Waals surface area contributed by atoms with E-state index in [2.05, 4.69) is 10.2 Å². The molecule has 0 aromatic heterocycles. The number of hydrazine groups is 1. The summed E-state index contributed by atoms with van der Waals surface area (Å²) >= 11 is 0. The normalized spacial score (nSPS) is 9.38. The van der Waals surface area contributed by atoms with Crippen LogP contribution < -0.4 is 17.0 Å². The van der Waals surface area contributed by atoms with E-state index in [4.69, 9.17) is 11.6 Å². The van der Waals surface area contributed by atoms with Crippen LogP contribution >= 0.6 is 0 Å². The number of hydrogen-bond acceptors (Lipinski definition) is 5. The first-order valence-electron chi connectivity index (χ1n) is 3.63. The van der Waals surface area contributed by atoms with Gasteiger partial charge in [-0.05, 0) is 18.2 Å². The van der Waals surface area contributed by atoms with Crippen LogP contribution in [0.1, 0.15) is 10.4 Å². The molecule has 1 aromatic rings. The third kappa shape index (κ3) is 1.88. The Labute approximate surface area is 75.6 Å². The zero-order valence-corrected chi connectivity index (χ0v) is 7.20. The second kappa shape index (κ2) is 3.77. The molecule has 0 unspecified atom stereocenters. The van der Waals surface area contributed by atoms with Crippen molar-refractivity contribution in [1.82, 2.24) is 0 Å². The Morgan fingerprint density at radius 3 is 2.77 bits per heavy atom. The molecule has 0 saturated carbocycles. The summed E-state index contributed by atoms with van der Waals surface area (Å²) in [6, 6.07) is 4.72. The molecule has 70 valence electrons. The van der Waals surface area contributed by atoms with Gasteiger partial charge in [0, 0.05) is 5.69 Å². The van der Waals surface area contributed by atoms with E-state index >= 15 is 0 Å². The number of rotatable bonds is 2. The number of benzene rings is 1. The number of carbonyl (C=O) groups excluding carboxylic acids is 1. The van der Waals surface area contributed by atoms with E-state index < -0.39 is 5.97 Å². The molecular weight excluding hydrogens is 170 g/mol. The first-order chi connectivity index (χ1) is 6.19. The van der Waals surface area contributed by atoms with Crippen LogP contribution in [0.2, 0.25) is 0 Å². The Hall–Kier alpha value is -1.75. The molecule has 0 spiro atoms. The van der Waals surface area contributed by atoms with Gasteiger partial charge in [0.25, 0.3) is 0 Å². The molecule has 5 N–H and O–H groups in total. The maximum Gasteiger partial charge on any atom is 0.340 e. The smallest absolute Gasteiger partial charge is 0.340 e. The Morgan fingerprint density at radius 1 is 1.54 bits per heavy atom. The molecule has 0 saturated heterocycles. The Bertz CT molecular complexity index is 325. The predicted molar refractivity (Wildman–Crippen MR) is 50.0 cm³/mol.